The van der Waals surface area contributed by atoms with Crippen LogP contribution in [0.15, 0.2) is 59.5 Å². The van der Waals surface area contributed by atoms with E-state index in [4.69, 9.17) is 0 Å². The number of para-hydroxylation sites is 1. The van der Waals surface area contributed by atoms with Crippen molar-refractivity contribution in [1.29, 1.82) is 0 Å². The molecule has 1 heterocycles. The molecule has 0 aromatic heterocycles. The predicted molar refractivity (Wildman–Crippen MR) is 111 cm³/mol. The van der Waals surface area contributed by atoms with Gasteiger partial charge < -0.3 is 10.2 Å². The standard InChI is InChI=1S/C21H27N3O3S/c25-21(22-14-9-17-24-15-7-2-8-16-24)19-12-5-6-13-20(19)23-28(26,27)18-10-3-1-4-11-18/h1,3-6,10-13,23H,2,7-9,14-17H2,(H,22,25). The van der Waals surface area contributed by atoms with Crippen molar-refractivity contribution in [2.45, 2.75) is 30.6 Å². The van der Waals surface area contributed by atoms with Gasteiger partial charge in [-0.2, -0.15) is 0 Å². The Morgan fingerprint density at radius 1 is 0.929 bits per heavy atom. The summed E-state index contributed by atoms with van der Waals surface area (Å²) in [6.07, 6.45) is 4.69. The third kappa shape index (κ3) is 5.56. The summed E-state index contributed by atoms with van der Waals surface area (Å²) in [5, 5.41) is 2.90. The lowest BCUT2D eigenvalue weighted by atomic mass is 10.1. The number of likely N-dealkylation sites (tertiary alicyclic amines) is 1. The first-order valence-corrected chi connectivity index (χ1v) is 11.2. The van der Waals surface area contributed by atoms with E-state index in [0.29, 0.717) is 12.1 Å². The molecular weight excluding hydrogens is 374 g/mol. The highest BCUT2D eigenvalue weighted by atomic mass is 32.2. The SMILES string of the molecule is O=C(NCCCN1CCCCC1)c1ccccc1NS(=O)(=O)c1ccccc1. The van der Waals surface area contributed by atoms with Crippen LogP contribution in [-0.4, -0.2) is 45.4 Å². The minimum absolute atomic E-state index is 0.159. The van der Waals surface area contributed by atoms with Gasteiger partial charge in [-0.05, 0) is 63.2 Å². The normalized spacial score (nSPS) is 15.1. The zero-order valence-electron chi connectivity index (χ0n) is 15.9. The number of nitrogens with one attached hydrogen (secondary N) is 2. The summed E-state index contributed by atoms with van der Waals surface area (Å²) in [6.45, 7) is 3.81. The van der Waals surface area contributed by atoms with Gasteiger partial charge in [0.15, 0.2) is 0 Å². The first kappa shape index (κ1) is 20.4. The van der Waals surface area contributed by atoms with Crippen LogP contribution < -0.4 is 10.0 Å². The van der Waals surface area contributed by atoms with E-state index in [0.717, 1.165) is 26.1 Å². The Kier molecular flexibility index (Phi) is 7.06. The number of nitrogens with zero attached hydrogens (tertiary/aromatic N) is 1. The molecule has 150 valence electrons. The molecule has 3 rings (SSSR count). The van der Waals surface area contributed by atoms with E-state index in [1.54, 1.807) is 42.5 Å². The smallest absolute Gasteiger partial charge is 0.261 e. The second-order valence-electron chi connectivity index (χ2n) is 6.98. The summed E-state index contributed by atoms with van der Waals surface area (Å²) in [5.74, 6) is -0.273. The number of sulfonamides is 1. The van der Waals surface area contributed by atoms with E-state index in [1.807, 2.05) is 0 Å². The molecule has 2 N–H and O–H groups in total. The molecular formula is C21H27N3O3S. The van der Waals surface area contributed by atoms with Gasteiger partial charge in [0, 0.05) is 6.54 Å². The van der Waals surface area contributed by atoms with Crippen LogP contribution in [0.25, 0.3) is 0 Å². The van der Waals surface area contributed by atoms with Crippen LogP contribution in [0.2, 0.25) is 0 Å². The lowest BCUT2D eigenvalue weighted by Gasteiger charge is -2.26. The van der Waals surface area contributed by atoms with Gasteiger partial charge in [0.05, 0.1) is 16.1 Å². The fraction of sp³-hybridized carbons (Fsp3) is 0.381. The van der Waals surface area contributed by atoms with E-state index >= 15 is 0 Å². The van der Waals surface area contributed by atoms with Crippen LogP contribution in [0.4, 0.5) is 5.69 Å². The molecule has 1 saturated heterocycles. The Hall–Kier alpha value is -2.38. The van der Waals surface area contributed by atoms with E-state index in [9.17, 15) is 13.2 Å². The summed E-state index contributed by atoms with van der Waals surface area (Å²) in [7, 11) is -3.75. The molecule has 0 atom stereocenters. The van der Waals surface area contributed by atoms with Crippen molar-refractivity contribution < 1.29 is 13.2 Å². The number of hydrogen-bond donors (Lipinski definition) is 2. The second-order valence-corrected chi connectivity index (χ2v) is 8.66. The summed E-state index contributed by atoms with van der Waals surface area (Å²) >= 11 is 0. The third-order valence-electron chi connectivity index (χ3n) is 4.85. The minimum atomic E-state index is -3.75. The zero-order valence-corrected chi connectivity index (χ0v) is 16.7. The number of carbonyl (C=O) groups excluding carboxylic acids is 1. The fourth-order valence-corrected chi connectivity index (χ4v) is 4.46. The summed E-state index contributed by atoms with van der Waals surface area (Å²) in [6, 6.07) is 14.8. The van der Waals surface area contributed by atoms with E-state index in [-0.39, 0.29) is 16.5 Å². The molecule has 7 heteroatoms. The molecule has 1 aliphatic rings. The highest BCUT2D eigenvalue weighted by Crippen LogP contribution is 2.20. The lowest BCUT2D eigenvalue weighted by molar-refractivity contribution is 0.0952. The fourth-order valence-electron chi connectivity index (χ4n) is 3.36. The highest BCUT2D eigenvalue weighted by molar-refractivity contribution is 7.92. The first-order chi connectivity index (χ1) is 13.6. The number of piperidine rings is 1. The molecule has 0 saturated carbocycles. The van der Waals surface area contributed by atoms with Crippen molar-refractivity contribution in [3.05, 3.63) is 60.2 Å². The van der Waals surface area contributed by atoms with Crippen molar-refractivity contribution in [2.75, 3.05) is 30.9 Å². The lowest BCUT2D eigenvalue weighted by Crippen LogP contribution is -2.33. The monoisotopic (exact) mass is 401 g/mol. The molecule has 0 spiro atoms. The maximum atomic E-state index is 12.6. The number of carbonyl (C=O) groups is 1. The average molecular weight is 402 g/mol. The number of anilines is 1. The maximum Gasteiger partial charge on any atom is 0.261 e. The van der Waals surface area contributed by atoms with Crippen molar-refractivity contribution in [3.63, 3.8) is 0 Å². The van der Waals surface area contributed by atoms with E-state index in [1.165, 1.54) is 31.4 Å². The predicted octanol–water partition coefficient (Wildman–Crippen LogP) is 3.09. The Morgan fingerprint density at radius 2 is 1.61 bits per heavy atom. The molecule has 2 aromatic carbocycles. The maximum absolute atomic E-state index is 12.6. The largest absolute Gasteiger partial charge is 0.352 e. The van der Waals surface area contributed by atoms with Gasteiger partial charge in [0.1, 0.15) is 0 Å². The molecule has 0 aliphatic carbocycles. The van der Waals surface area contributed by atoms with Gasteiger partial charge >= 0.3 is 0 Å². The van der Waals surface area contributed by atoms with Crippen molar-refractivity contribution in [1.82, 2.24) is 10.2 Å². The van der Waals surface area contributed by atoms with Crippen molar-refractivity contribution >= 4 is 21.6 Å². The van der Waals surface area contributed by atoms with Crippen LogP contribution in [0.5, 0.6) is 0 Å². The molecule has 0 unspecified atom stereocenters. The third-order valence-corrected chi connectivity index (χ3v) is 6.24. The Labute approximate surface area is 167 Å². The van der Waals surface area contributed by atoms with Crippen LogP contribution in [0.1, 0.15) is 36.0 Å². The van der Waals surface area contributed by atoms with E-state index in [2.05, 4.69) is 14.9 Å². The van der Waals surface area contributed by atoms with Crippen LogP contribution in [0.3, 0.4) is 0 Å². The van der Waals surface area contributed by atoms with Crippen LogP contribution >= 0.6 is 0 Å². The molecule has 1 fully saturated rings. The van der Waals surface area contributed by atoms with Crippen molar-refractivity contribution in [2.24, 2.45) is 0 Å². The summed E-state index contributed by atoms with van der Waals surface area (Å²) in [4.78, 5) is 15.2. The molecule has 2 aromatic rings. The number of benzene rings is 2. The molecule has 1 amide bonds. The molecule has 0 radical (unpaired) electrons. The van der Waals surface area contributed by atoms with Crippen LogP contribution in [0, 0.1) is 0 Å². The topological polar surface area (TPSA) is 78.5 Å². The van der Waals surface area contributed by atoms with Gasteiger partial charge in [-0.1, -0.05) is 36.8 Å². The van der Waals surface area contributed by atoms with Crippen molar-refractivity contribution in [3.8, 4) is 0 Å². The van der Waals surface area contributed by atoms with Gasteiger partial charge in [-0.3, -0.25) is 9.52 Å². The summed E-state index contributed by atoms with van der Waals surface area (Å²) in [5.41, 5.74) is 0.597. The number of hydrogen-bond acceptors (Lipinski definition) is 4. The number of amides is 1. The van der Waals surface area contributed by atoms with Crippen LogP contribution in [-0.2, 0) is 10.0 Å². The Bertz CT molecular complexity index is 879. The summed E-state index contributed by atoms with van der Waals surface area (Å²) < 4.78 is 27.7. The van der Waals surface area contributed by atoms with Gasteiger partial charge in [0.25, 0.3) is 15.9 Å². The molecule has 28 heavy (non-hydrogen) atoms. The zero-order chi connectivity index (χ0) is 19.8. The minimum Gasteiger partial charge on any atom is -0.352 e. The Balaban J connectivity index is 1.59. The van der Waals surface area contributed by atoms with E-state index < -0.39 is 10.0 Å². The molecule has 6 nitrogen and oxygen atoms in total. The highest BCUT2D eigenvalue weighted by Gasteiger charge is 2.18. The average Bonchev–Trinajstić information content (AvgIpc) is 2.72. The first-order valence-electron chi connectivity index (χ1n) is 9.74. The van der Waals surface area contributed by atoms with Gasteiger partial charge in [-0.25, -0.2) is 8.42 Å². The Morgan fingerprint density at radius 3 is 2.36 bits per heavy atom. The molecule has 0 bridgehead atoms. The van der Waals surface area contributed by atoms with Gasteiger partial charge in [0.2, 0.25) is 0 Å². The molecule has 1 aliphatic heterocycles. The second kappa shape index (κ2) is 9.71. The van der Waals surface area contributed by atoms with Gasteiger partial charge in [-0.15, -0.1) is 0 Å². The quantitative estimate of drug-likeness (QED) is 0.667. The number of rotatable bonds is 8.